The number of carboxylic acid groups (broad SMARTS) is 1. The fraction of sp³-hybridized carbons (Fsp3) is 0.565. The summed E-state index contributed by atoms with van der Waals surface area (Å²) in [6.07, 6.45) is 1.97. The second kappa shape index (κ2) is 11.1. The maximum absolute atomic E-state index is 13.2. The second-order valence-corrected chi connectivity index (χ2v) is 11.3. The highest BCUT2D eigenvalue weighted by Crippen LogP contribution is 2.40. The summed E-state index contributed by atoms with van der Waals surface area (Å²) in [7, 11) is 0. The number of aliphatic carboxylic acids is 1. The number of carbonyl (C=O) groups excluding carboxylic acids is 3. The molecule has 1 aromatic carbocycles. The molecule has 0 bridgehead atoms. The largest absolute Gasteiger partial charge is 0.480 e. The van der Waals surface area contributed by atoms with Crippen LogP contribution < -0.4 is 0 Å². The molecule has 0 spiro atoms. The van der Waals surface area contributed by atoms with Gasteiger partial charge < -0.3 is 9.84 Å². The summed E-state index contributed by atoms with van der Waals surface area (Å²) in [5, 5.41) is 13.0. The van der Waals surface area contributed by atoms with Crippen molar-refractivity contribution in [3.05, 3.63) is 35.9 Å². The fourth-order valence-corrected chi connectivity index (χ4v) is 5.36. The normalized spacial score (nSPS) is 27.0. The molecule has 2 saturated heterocycles. The number of benzene rings is 1. The summed E-state index contributed by atoms with van der Waals surface area (Å²) in [6.45, 7) is -0.196. The van der Waals surface area contributed by atoms with E-state index in [1.807, 2.05) is 6.07 Å². The highest BCUT2D eigenvalue weighted by molar-refractivity contribution is 6.66. The highest BCUT2D eigenvalue weighted by Gasteiger charge is 2.54. The van der Waals surface area contributed by atoms with Crippen molar-refractivity contribution in [1.29, 1.82) is 0 Å². The predicted molar refractivity (Wildman–Crippen MR) is 128 cm³/mol. The van der Waals surface area contributed by atoms with Gasteiger partial charge in [0, 0.05) is 6.54 Å². The zero-order valence-corrected chi connectivity index (χ0v) is 21.5. The van der Waals surface area contributed by atoms with Gasteiger partial charge in [-0.1, -0.05) is 43.2 Å². The fourth-order valence-electron chi connectivity index (χ4n) is 5.16. The minimum Gasteiger partial charge on any atom is -0.480 e. The van der Waals surface area contributed by atoms with Gasteiger partial charge in [0.15, 0.2) is 0 Å². The Bertz CT molecular complexity index is 982. The first-order chi connectivity index (χ1) is 17.1. The molecule has 0 aromatic heterocycles. The monoisotopic (exact) mass is 561 g/mol. The van der Waals surface area contributed by atoms with E-state index in [9.17, 15) is 24.3 Å². The lowest BCUT2D eigenvalue weighted by Crippen LogP contribution is -2.62. The van der Waals surface area contributed by atoms with Crippen molar-refractivity contribution in [3.63, 3.8) is 0 Å². The summed E-state index contributed by atoms with van der Waals surface area (Å²) in [5.41, 5.74) is 0.745. The van der Waals surface area contributed by atoms with Crippen LogP contribution in [0, 0.1) is 11.8 Å². The lowest BCUT2D eigenvalue weighted by Gasteiger charge is -2.43. The molecule has 4 atom stereocenters. The molecule has 1 aromatic rings. The van der Waals surface area contributed by atoms with Crippen LogP contribution >= 0.6 is 34.8 Å². The van der Waals surface area contributed by atoms with Gasteiger partial charge in [-0.15, -0.1) is 0 Å². The van der Waals surface area contributed by atoms with Gasteiger partial charge in [0.05, 0.1) is 17.9 Å². The van der Waals surface area contributed by atoms with Gasteiger partial charge in [0.25, 0.3) is 0 Å². The Morgan fingerprint density at radius 2 is 1.61 bits per heavy atom. The average molecular weight is 563 g/mol. The van der Waals surface area contributed by atoms with Crippen molar-refractivity contribution >= 4 is 58.7 Å². The summed E-state index contributed by atoms with van der Waals surface area (Å²) in [5.74, 6) is -2.90. The Kier molecular flexibility index (Phi) is 8.31. The van der Waals surface area contributed by atoms with Gasteiger partial charge in [0.1, 0.15) is 12.6 Å². The number of carboxylic acids is 1. The summed E-state index contributed by atoms with van der Waals surface area (Å²) in [4.78, 5) is 57.1. The number of hydrogen-bond donors (Lipinski definition) is 1. The standard InChI is InChI=1S/C23H26Cl3N3O7/c24-23(25,26)36-22(34)29(35-13-14-6-2-1-3-7-14)15-10-11-18(21(32)33)27(12-15)28-19(30)16-8-4-5-9-17(16)20(28)31/h1-3,6-7,15-18H,4-5,8-13H2,(H,32,33)/t15-,16?,17?,18+/m1/s1. The van der Waals surface area contributed by atoms with Gasteiger partial charge in [-0.2, -0.15) is 10.1 Å². The number of alkyl halides is 3. The van der Waals surface area contributed by atoms with E-state index in [0.29, 0.717) is 12.8 Å². The Morgan fingerprint density at radius 1 is 1.00 bits per heavy atom. The van der Waals surface area contributed by atoms with E-state index < -0.39 is 51.8 Å². The van der Waals surface area contributed by atoms with Crippen LogP contribution in [0.3, 0.4) is 0 Å². The van der Waals surface area contributed by atoms with Crippen LogP contribution in [-0.4, -0.2) is 66.7 Å². The smallest absolute Gasteiger partial charge is 0.437 e. The molecule has 0 radical (unpaired) electrons. The van der Waals surface area contributed by atoms with E-state index in [1.54, 1.807) is 24.3 Å². The van der Waals surface area contributed by atoms with Crippen LogP contribution in [0.1, 0.15) is 44.1 Å². The molecule has 3 amide bonds. The molecular weight excluding hydrogens is 537 g/mol. The van der Waals surface area contributed by atoms with Crippen molar-refractivity contribution in [1.82, 2.24) is 15.1 Å². The number of rotatable bonds is 6. The molecule has 13 heteroatoms. The van der Waals surface area contributed by atoms with Crippen LogP contribution in [0.5, 0.6) is 0 Å². The van der Waals surface area contributed by atoms with Crippen LogP contribution in [0.15, 0.2) is 30.3 Å². The van der Waals surface area contributed by atoms with Crippen molar-refractivity contribution in [2.75, 3.05) is 6.54 Å². The number of halogens is 3. The number of imide groups is 1. The second-order valence-electron chi connectivity index (χ2n) is 9.09. The predicted octanol–water partition coefficient (Wildman–Crippen LogP) is 3.89. The third-order valence-electron chi connectivity index (χ3n) is 6.82. The topological polar surface area (TPSA) is 117 Å². The van der Waals surface area contributed by atoms with Gasteiger partial charge in [0.2, 0.25) is 11.8 Å². The number of hydroxylamine groups is 2. The molecule has 3 fully saturated rings. The molecule has 4 rings (SSSR count). The maximum atomic E-state index is 13.2. The number of fused-ring (bicyclic) bond motifs is 1. The zero-order valence-electron chi connectivity index (χ0n) is 19.2. The van der Waals surface area contributed by atoms with Gasteiger partial charge in [-0.3, -0.25) is 19.2 Å². The summed E-state index contributed by atoms with van der Waals surface area (Å²) in [6, 6.07) is 7.07. The number of ether oxygens (including phenoxy) is 1. The first-order valence-electron chi connectivity index (χ1n) is 11.7. The minimum atomic E-state index is -2.36. The first kappa shape index (κ1) is 26.9. The quantitative estimate of drug-likeness (QED) is 0.315. The number of amides is 3. The van der Waals surface area contributed by atoms with Gasteiger partial charge in [-0.05, 0) is 66.0 Å². The molecule has 3 aliphatic rings. The third kappa shape index (κ3) is 5.89. The van der Waals surface area contributed by atoms with Crippen LogP contribution in [-0.2, 0) is 30.6 Å². The van der Waals surface area contributed by atoms with Crippen molar-refractivity contribution in [2.24, 2.45) is 11.8 Å². The molecule has 36 heavy (non-hydrogen) atoms. The zero-order chi connectivity index (χ0) is 26.0. The van der Waals surface area contributed by atoms with E-state index >= 15 is 0 Å². The molecule has 2 unspecified atom stereocenters. The van der Waals surface area contributed by atoms with E-state index in [-0.39, 0.29) is 26.0 Å². The van der Waals surface area contributed by atoms with Crippen molar-refractivity contribution in [2.45, 2.75) is 61.2 Å². The molecule has 10 nitrogen and oxygen atoms in total. The number of piperidine rings is 1. The number of hydrogen-bond acceptors (Lipinski definition) is 7. The summed E-state index contributed by atoms with van der Waals surface area (Å²) >= 11 is 17.0. The molecule has 2 heterocycles. The molecule has 2 aliphatic heterocycles. The van der Waals surface area contributed by atoms with Gasteiger partial charge in [-0.25, -0.2) is 9.80 Å². The van der Waals surface area contributed by atoms with E-state index in [0.717, 1.165) is 28.5 Å². The lowest BCUT2D eigenvalue weighted by atomic mass is 9.81. The Hall–Kier alpha value is -2.11. The number of nitrogens with zero attached hydrogens (tertiary/aromatic N) is 3. The van der Waals surface area contributed by atoms with Crippen LogP contribution in [0.2, 0.25) is 0 Å². The van der Waals surface area contributed by atoms with E-state index in [2.05, 4.69) is 0 Å². The molecular formula is C23H26Cl3N3O7. The minimum absolute atomic E-state index is 0.0274. The van der Waals surface area contributed by atoms with Crippen LogP contribution in [0.25, 0.3) is 0 Å². The maximum Gasteiger partial charge on any atom is 0.437 e. The Labute approximate surface area is 222 Å². The summed E-state index contributed by atoms with van der Waals surface area (Å²) < 4.78 is 2.51. The first-order valence-corrected chi connectivity index (χ1v) is 12.8. The number of carbonyl (C=O) groups is 4. The lowest BCUT2D eigenvalue weighted by molar-refractivity contribution is -0.203. The van der Waals surface area contributed by atoms with E-state index in [4.69, 9.17) is 44.4 Å². The highest BCUT2D eigenvalue weighted by atomic mass is 35.6. The van der Waals surface area contributed by atoms with E-state index in [1.165, 1.54) is 5.01 Å². The third-order valence-corrected chi connectivity index (χ3v) is 7.05. The van der Waals surface area contributed by atoms with Crippen molar-refractivity contribution < 1.29 is 33.9 Å². The molecule has 1 N–H and O–H groups in total. The Morgan fingerprint density at radius 3 is 2.17 bits per heavy atom. The average Bonchev–Trinajstić information content (AvgIpc) is 3.08. The number of hydrazine groups is 1. The molecule has 1 aliphatic carbocycles. The molecule has 196 valence electrons. The SMILES string of the molecule is O=C(O)[C@@H]1CC[C@@H](N(OCc2ccccc2)C(=O)OC(Cl)(Cl)Cl)CN1N1C(=O)C2CCCCC2C1=O. The Balaban J connectivity index is 1.59. The molecule has 1 saturated carbocycles. The van der Waals surface area contributed by atoms with Gasteiger partial charge >= 0.3 is 16.0 Å². The van der Waals surface area contributed by atoms with Crippen molar-refractivity contribution in [3.8, 4) is 0 Å². The van der Waals surface area contributed by atoms with Crippen LogP contribution in [0.4, 0.5) is 4.79 Å².